The van der Waals surface area contributed by atoms with Crippen LogP contribution in [0.15, 0.2) is 0 Å². The Kier molecular flexibility index (Phi) is 4.36. The minimum Gasteiger partial charge on any atom is -0.328 e. The molecule has 92 valence electrons. The fourth-order valence-corrected chi connectivity index (χ4v) is 2.89. The van der Waals surface area contributed by atoms with Crippen molar-refractivity contribution < 1.29 is 4.79 Å². The molecule has 3 heteroatoms. The zero-order valence-corrected chi connectivity index (χ0v) is 10.2. The molecule has 0 spiro atoms. The third kappa shape index (κ3) is 3.29. The van der Waals surface area contributed by atoms with Gasteiger partial charge in [-0.1, -0.05) is 19.3 Å². The quantitative estimate of drug-likeness (QED) is 0.791. The van der Waals surface area contributed by atoms with Crippen molar-refractivity contribution in [1.82, 2.24) is 4.90 Å². The topological polar surface area (TPSA) is 46.3 Å². The summed E-state index contributed by atoms with van der Waals surface area (Å²) in [5.74, 6) is 0.847. The van der Waals surface area contributed by atoms with E-state index in [1.807, 2.05) is 0 Å². The number of piperidine rings is 1. The van der Waals surface area contributed by atoms with Crippen molar-refractivity contribution in [3.63, 3.8) is 0 Å². The van der Waals surface area contributed by atoms with E-state index in [9.17, 15) is 4.79 Å². The highest BCUT2D eigenvalue weighted by molar-refractivity contribution is 5.83. The highest BCUT2D eigenvalue weighted by Crippen LogP contribution is 2.24. The molecule has 1 aliphatic heterocycles. The lowest BCUT2D eigenvalue weighted by Gasteiger charge is -2.31. The molecule has 0 amide bonds. The number of hydrogen-bond acceptors (Lipinski definition) is 3. The SMILES string of the molecule is NC1CCN(CC(=O)C2CCCCC2)CC1. The van der Waals surface area contributed by atoms with E-state index in [2.05, 4.69) is 4.90 Å². The van der Waals surface area contributed by atoms with E-state index < -0.39 is 0 Å². The number of likely N-dealkylation sites (tertiary alicyclic amines) is 1. The smallest absolute Gasteiger partial charge is 0.149 e. The molecule has 1 aliphatic carbocycles. The molecule has 0 unspecified atom stereocenters. The first kappa shape index (κ1) is 12.1. The van der Waals surface area contributed by atoms with Crippen LogP contribution in [-0.2, 0) is 4.79 Å². The van der Waals surface area contributed by atoms with E-state index in [1.54, 1.807) is 0 Å². The van der Waals surface area contributed by atoms with Crippen molar-refractivity contribution in [2.24, 2.45) is 11.7 Å². The van der Waals surface area contributed by atoms with Crippen molar-refractivity contribution in [2.75, 3.05) is 19.6 Å². The monoisotopic (exact) mass is 224 g/mol. The molecule has 0 aromatic rings. The van der Waals surface area contributed by atoms with Gasteiger partial charge in [-0.15, -0.1) is 0 Å². The van der Waals surface area contributed by atoms with Crippen molar-refractivity contribution >= 4 is 5.78 Å². The maximum Gasteiger partial charge on any atom is 0.149 e. The number of ketones is 1. The minimum absolute atomic E-state index is 0.362. The Morgan fingerprint density at radius 1 is 1.06 bits per heavy atom. The van der Waals surface area contributed by atoms with Crippen LogP contribution in [0, 0.1) is 5.92 Å². The van der Waals surface area contributed by atoms with Gasteiger partial charge < -0.3 is 5.73 Å². The molecule has 3 nitrogen and oxygen atoms in total. The van der Waals surface area contributed by atoms with Gasteiger partial charge in [-0.2, -0.15) is 0 Å². The van der Waals surface area contributed by atoms with Crippen molar-refractivity contribution in [3.05, 3.63) is 0 Å². The third-order valence-corrected chi connectivity index (χ3v) is 4.07. The van der Waals surface area contributed by atoms with Crippen molar-refractivity contribution in [1.29, 1.82) is 0 Å². The van der Waals surface area contributed by atoms with Gasteiger partial charge in [0, 0.05) is 25.0 Å². The van der Waals surface area contributed by atoms with Gasteiger partial charge in [0.25, 0.3) is 0 Å². The molecule has 1 saturated carbocycles. The maximum absolute atomic E-state index is 12.1. The van der Waals surface area contributed by atoms with E-state index in [1.165, 1.54) is 19.3 Å². The Hall–Kier alpha value is -0.410. The first-order valence-electron chi connectivity index (χ1n) is 6.76. The molecular formula is C13H24N2O. The average Bonchev–Trinajstić information content (AvgIpc) is 2.33. The third-order valence-electron chi connectivity index (χ3n) is 4.07. The minimum atomic E-state index is 0.362. The zero-order valence-electron chi connectivity index (χ0n) is 10.2. The summed E-state index contributed by atoms with van der Waals surface area (Å²) in [7, 11) is 0. The maximum atomic E-state index is 12.1. The fourth-order valence-electron chi connectivity index (χ4n) is 2.89. The number of carbonyl (C=O) groups excluding carboxylic acids is 1. The van der Waals surface area contributed by atoms with Gasteiger partial charge in [-0.05, 0) is 25.7 Å². The second-order valence-electron chi connectivity index (χ2n) is 5.41. The van der Waals surface area contributed by atoms with Gasteiger partial charge in [0.2, 0.25) is 0 Å². The van der Waals surface area contributed by atoms with E-state index in [0.717, 1.165) is 38.8 Å². The van der Waals surface area contributed by atoms with Crippen LogP contribution in [0.3, 0.4) is 0 Å². The summed E-state index contributed by atoms with van der Waals surface area (Å²) in [5, 5.41) is 0. The predicted molar refractivity (Wildman–Crippen MR) is 65.2 cm³/mol. The average molecular weight is 224 g/mol. The highest BCUT2D eigenvalue weighted by atomic mass is 16.1. The number of Topliss-reactive ketones (excluding diaryl/α,β-unsaturated/α-hetero) is 1. The Labute approximate surface area is 98.4 Å². The van der Waals surface area contributed by atoms with E-state index in [0.29, 0.717) is 24.3 Å². The molecule has 2 N–H and O–H groups in total. The van der Waals surface area contributed by atoms with Crippen LogP contribution in [0.2, 0.25) is 0 Å². The molecular weight excluding hydrogens is 200 g/mol. The van der Waals surface area contributed by atoms with E-state index >= 15 is 0 Å². The Morgan fingerprint density at radius 3 is 2.31 bits per heavy atom. The van der Waals surface area contributed by atoms with E-state index in [-0.39, 0.29) is 0 Å². The van der Waals surface area contributed by atoms with Crippen LogP contribution in [0.5, 0.6) is 0 Å². The summed E-state index contributed by atoms with van der Waals surface area (Å²) in [6, 6.07) is 0.362. The first-order chi connectivity index (χ1) is 7.75. The lowest BCUT2D eigenvalue weighted by atomic mass is 9.86. The van der Waals surface area contributed by atoms with Crippen molar-refractivity contribution in [3.8, 4) is 0 Å². The second-order valence-corrected chi connectivity index (χ2v) is 5.41. The van der Waals surface area contributed by atoms with Gasteiger partial charge in [-0.3, -0.25) is 9.69 Å². The van der Waals surface area contributed by atoms with Crippen LogP contribution in [0.25, 0.3) is 0 Å². The van der Waals surface area contributed by atoms with Gasteiger partial charge in [0.05, 0.1) is 6.54 Å². The van der Waals surface area contributed by atoms with Crippen molar-refractivity contribution in [2.45, 2.75) is 51.0 Å². The number of nitrogens with two attached hydrogens (primary N) is 1. The van der Waals surface area contributed by atoms with Crippen LogP contribution in [0.1, 0.15) is 44.9 Å². The number of hydrogen-bond donors (Lipinski definition) is 1. The molecule has 2 aliphatic rings. The lowest BCUT2D eigenvalue weighted by molar-refractivity contribution is -0.125. The molecule has 2 rings (SSSR count). The zero-order chi connectivity index (χ0) is 11.4. The molecule has 16 heavy (non-hydrogen) atoms. The number of rotatable bonds is 3. The first-order valence-corrected chi connectivity index (χ1v) is 6.76. The molecule has 0 aromatic carbocycles. The normalized spacial score (nSPS) is 25.8. The summed E-state index contributed by atoms with van der Waals surface area (Å²) >= 11 is 0. The molecule has 0 atom stereocenters. The predicted octanol–water partition coefficient (Wildman–Crippen LogP) is 1.56. The molecule has 0 bridgehead atoms. The lowest BCUT2D eigenvalue weighted by Crippen LogP contribution is -2.43. The Morgan fingerprint density at radius 2 is 1.69 bits per heavy atom. The van der Waals surface area contributed by atoms with Crippen LogP contribution >= 0.6 is 0 Å². The standard InChI is InChI=1S/C13H24N2O/c14-12-6-8-15(9-7-12)10-13(16)11-4-2-1-3-5-11/h11-12H,1-10,14H2. The summed E-state index contributed by atoms with van der Waals surface area (Å²) < 4.78 is 0. The molecule has 1 saturated heterocycles. The van der Waals surface area contributed by atoms with Gasteiger partial charge in [0.15, 0.2) is 0 Å². The van der Waals surface area contributed by atoms with Gasteiger partial charge in [-0.25, -0.2) is 0 Å². The summed E-state index contributed by atoms with van der Waals surface area (Å²) in [5.41, 5.74) is 5.86. The fraction of sp³-hybridized carbons (Fsp3) is 0.923. The highest BCUT2D eigenvalue weighted by Gasteiger charge is 2.24. The number of nitrogens with zero attached hydrogens (tertiary/aromatic N) is 1. The largest absolute Gasteiger partial charge is 0.328 e. The second kappa shape index (κ2) is 5.78. The summed E-state index contributed by atoms with van der Waals surface area (Å²) in [4.78, 5) is 14.4. The van der Waals surface area contributed by atoms with Crippen LogP contribution in [0.4, 0.5) is 0 Å². The molecule has 0 aromatic heterocycles. The van der Waals surface area contributed by atoms with Gasteiger partial charge in [0.1, 0.15) is 5.78 Å². The van der Waals surface area contributed by atoms with E-state index in [4.69, 9.17) is 5.73 Å². The molecule has 1 heterocycles. The molecule has 0 radical (unpaired) electrons. The molecule has 2 fully saturated rings. The summed E-state index contributed by atoms with van der Waals surface area (Å²) in [6.07, 6.45) is 8.19. The van der Waals surface area contributed by atoms with Gasteiger partial charge >= 0.3 is 0 Å². The Balaban J connectivity index is 1.73. The Bertz CT molecular complexity index is 228. The van der Waals surface area contributed by atoms with Crippen LogP contribution in [-0.4, -0.2) is 36.4 Å². The number of carbonyl (C=O) groups is 1. The summed E-state index contributed by atoms with van der Waals surface area (Å²) in [6.45, 7) is 2.70. The van der Waals surface area contributed by atoms with Crippen LogP contribution < -0.4 is 5.73 Å².